The molecule has 0 heterocycles. The Bertz CT molecular complexity index is 430. The topological polar surface area (TPSA) is 69.4 Å². The van der Waals surface area contributed by atoms with Crippen molar-refractivity contribution < 1.29 is 14.5 Å². The number of ether oxygens (including phenoxy) is 1. The van der Waals surface area contributed by atoms with E-state index in [0.717, 1.165) is 0 Å². The molecule has 0 fully saturated rings. The molecule has 0 saturated carbocycles. The van der Waals surface area contributed by atoms with E-state index in [1.54, 1.807) is 6.92 Å². The smallest absolute Gasteiger partial charge is 0.338 e. The maximum atomic E-state index is 11.3. The maximum Gasteiger partial charge on any atom is 0.338 e. The zero-order valence-corrected chi connectivity index (χ0v) is 9.08. The fourth-order valence-electron chi connectivity index (χ4n) is 1.16. The first-order chi connectivity index (χ1) is 6.97. The fourth-order valence-corrected chi connectivity index (χ4v) is 1.50. The van der Waals surface area contributed by atoms with Crippen molar-refractivity contribution in [3.63, 3.8) is 0 Å². The second kappa shape index (κ2) is 4.31. The summed E-state index contributed by atoms with van der Waals surface area (Å²) < 4.78 is 4.51. The number of nitro benzene ring substituents is 1. The van der Waals surface area contributed by atoms with Gasteiger partial charge in [-0.15, -0.1) is 12.6 Å². The van der Waals surface area contributed by atoms with E-state index >= 15 is 0 Å². The van der Waals surface area contributed by atoms with Gasteiger partial charge in [0.25, 0.3) is 5.69 Å². The number of aryl methyl sites for hydroxylation is 1. The van der Waals surface area contributed by atoms with Gasteiger partial charge in [-0.2, -0.15) is 0 Å². The maximum absolute atomic E-state index is 11.3. The van der Waals surface area contributed by atoms with Gasteiger partial charge in [0.05, 0.1) is 22.5 Å². The second-order valence-corrected chi connectivity index (χ2v) is 3.39. The van der Waals surface area contributed by atoms with E-state index in [1.165, 1.54) is 19.2 Å². The number of rotatable bonds is 2. The van der Waals surface area contributed by atoms with Crippen LogP contribution >= 0.6 is 12.6 Å². The lowest BCUT2D eigenvalue weighted by Crippen LogP contribution is -2.05. The van der Waals surface area contributed by atoms with Crippen LogP contribution in [-0.2, 0) is 4.74 Å². The van der Waals surface area contributed by atoms with Crippen LogP contribution in [0.4, 0.5) is 5.69 Å². The third-order valence-corrected chi connectivity index (χ3v) is 2.28. The van der Waals surface area contributed by atoms with Gasteiger partial charge in [0.2, 0.25) is 0 Å². The number of carbonyl (C=O) groups is 1. The monoisotopic (exact) mass is 227 g/mol. The van der Waals surface area contributed by atoms with Crippen molar-refractivity contribution in [3.05, 3.63) is 33.4 Å². The molecule has 0 atom stereocenters. The molecule has 0 amide bonds. The number of methoxy groups -OCH3 is 1. The molecule has 0 radical (unpaired) electrons. The molecule has 5 nitrogen and oxygen atoms in total. The van der Waals surface area contributed by atoms with Crippen molar-refractivity contribution in [3.8, 4) is 0 Å². The quantitative estimate of drug-likeness (QED) is 0.363. The van der Waals surface area contributed by atoms with Crippen LogP contribution in [-0.4, -0.2) is 18.0 Å². The summed E-state index contributed by atoms with van der Waals surface area (Å²) in [5.74, 6) is -0.594. The Kier molecular flexibility index (Phi) is 3.31. The van der Waals surface area contributed by atoms with Gasteiger partial charge in [0.1, 0.15) is 0 Å². The Morgan fingerprint density at radius 1 is 1.53 bits per heavy atom. The first-order valence-corrected chi connectivity index (χ1v) is 4.48. The van der Waals surface area contributed by atoms with Gasteiger partial charge in [-0.3, -0.25) is 10.1 Å². The summed E-state index contributed by atoms with van der Waals surface area (Å²) in [6, 6.07) is 2.64. The lowest BCUT2D eigenvalue weighted by Gasteiger charge is -2.04. The van der Waals surface area contributed by atoms with Crippen molar-refractivity contribution in [2.75, 3.05) is 7.11 Å². The third kappa shape index (κ3) is 2.27. The predicted molar refractivity (Wildman–Crippen MR) is 56.4 cm³/mol. The summed E-state index contributed by atoms with van der Waals surface area (Å²) in [7, 11) is 1.22. The van der Waals surface area contributed by atoms with Crippen LogP contribution in [0, 0.1) is 17.0 Å². The van der Waals surface area contributed by atoms with E-state index in [4.69, 9.17) is 0 Å². The first kappa shape index (κ1) is 11.5. The molecule has 0 spiro atoms. The van der Waals surface area contributed by atoms with Crippen LogP contribution in [0.2, 0.25) is 0 Å². The molecule has 80 valence electrons. The number of carbonyl (C=O) groups excluding carboxylic acids is 1. The SMILES string of the molecule is COC(=O)c1cc([N+](=O)[O-])c(S)cc1C. The van der Waals surface area contributed by atoms with E-state index in [-0.39, 0.29) is 16.1 Å². The van der Waals surface area contributed by atoms with Crippen LogP contribution < -0.4 is 0 Å². The lowest BCUT2D eigenvalue weighted by molar-refractivity contribution is -0.387. The van der Waals surface area contributed by atoms with Crippen molar-refractivity contribution in [2.45, 2.75) is 11.8 Å². The molecule has 0 saturated heterocycles. The van der Waals surface area contributed by atoms with Gasteiger partial charge in [0, 0.05) is 6.07 Å². The minimum atomic E-state index is -0.594. The van der Waals surface area contributed by atoms with Gasteiger partial charge >= 0.3 is 5.97 Å². The van der Waals surface area contributed by atoms with Crippen LogP contribution in [0.5, 0.6) is 0 Å². The average molecular weight is 227 g/mol. The Balaban J connectivity index is 3.36. The minimum Gasteiger partial charge on any atom is -0.465 e. The molecule has 0 N–H and O–H groups in total. The summed E-state index contributed by atoms with van der Waals surface area (Å²) in [5, 5.41) is 10.6. The van der Waals surface area contributed by atoms with Crippen molar-refractivity contribution in [1.82, 2.24) is 0 Å². The minimum absolute atomic E-state index is 0.182. The number of benzene rings is 1. The van der Waals surface area contributed by atoms with Crippen molar-refractivity contribution in [2.24, 2.45) is 0 Å². The predicted octanol–water partition coefficient (Wildman–Crippen LogP) is 1.98. The third-order valence-electron chi connectivity index (χ3n) is 1.92. The zero-order chi connectivity index (χ0) is 11.6. The van der Waals surface area contributed by atoms with Gasteiger partial charge < -0.3 is 4.74 Å². The average Bonchev–Trinajstić information content (AvgIpc) is 2.16. The van der Waals surface area contributed by atoms with E-state index < -0.39 is 10.9 Å². The standard InChI is InChI=1S/C9H9NO4S/c1-5-3-8(15)7(10(12)13)4-6(5)9(11)14-2/h3-4,15H,1-2H3. The Hall–Kier alpha value is -1.56. The van der Waals surface area contributed by atoms with E-state index in [0.29, 0.717) is 5.56 Å². The molecule has 1 rings (SSSR count). The number of esters is 1. The second-order valence-electron chi connectivity index (χ2n) is 2.90. The Morgan fingerprint density at radius 2 is 2.13 bits per heavy atom. The molecular weight excluding hydrogens is 218 g/mol. The Morgan fingerprint density at radius 3 is 2.60 bits per heavy atom. The van der Waals surface area contributed by atoms with Crippen molar-refractivity contribution >= 4 is 24.3 Å². The highest BCUT2D eigenvalue weighted by molar-refractivity contribution is 7.80. The van der Waals surface area contributed by atoms with Gasteiger partial charge in [-0.25, -0.2) is 4.79 Å². The summed E-state index contributed by atoms with van der Waals surface area (Å²) in [6.45, 7) is 1.66. The molecule has 1 aromatic carbocycles. The van der Waals surface area contributed by atoms with Crippen LogP contribution in [0.25, 0.3) is 0 Å². The molecule has 0 unspecified atom stereocenters. The molecule has 15 heavy (non-hydrogen) atoms. The van der Waals surface area contributed by atoms with E-state index in [9.17, 15) is 14.9 Å². The molecule has 0 aliphatic rings. The molecule has 1 aromatic rings. The largest absolute Gasteiger partial charge is 0.465 e. The highest BCUT2D eigenvalue weighted by Gasteiger charge is 2.18. The molecule has 0 aliphatic carbocycles. The Labute approximate surface area is 91.6 Å². The molecule has 0 aliphatic heterocycles. The highest BCUT2D eigenvalue weighted by Crippen LogP contribution is 2.26. The highest BCUT2D eigenvalue weighted by atomic mass is 32.1. The summed E-state index contributed by atoms with van der Waals surface area (Å²) in [6.07, 6.45) is 0. The first-order valence-electron chi connectivity index (χ1n) is 4.03. The summed E-state index contributed by atoms with van der Waals surface area (Å²) in [4.78, 5) is 21.5. The van der Waals surface area contributed by atoms with E-state index in [2.05, 4.69) is 17.4 Å². The summed E-state index contributed by atoms with van der Waals surface area (Å²) >= 11 is 3.96. The molecule has 0 bridgehead atoms. The molecule has 0 aromatic heterocycles. The van der Waals surface area contributed by atoms with Gasteiger partial charge in [0.15, 0.2) is 0 Å². The van der Waals surface area contributed by atoms with E-state index in [1.807, 2.05) is 0 Å². The molecule has 6 heteroatoms. The number of thiol groups is 1. The van der Waals surface area contributed by atoms with Crippen LogP contribution in [0.15, 0.2) is 17.0 Å². The van der Waals surface area contributed by atoms with Crippen LogP contribution in [0.1, 0.15) is 15.9 Å². The fraction of sp³-hybridized carbons (Fsp3) is 0.222. The number of hydrogen-bond acceptors (Lipinski definition) is 5. The van der Waals surface area contributed by atoms with Gasteiger partial charge in [-0.05, 0) is 18.6 Å². The van der Waals surface area contributed by atoms with Gasteiger partial charge in [-0.1, -0.05) is 0 Å². The zero-order valence-electron chi connectivity index (χ0n) is 8.18. The summed E-state index contributed by atoms with van der Waals surface area (Å²) in [5.41, 5.74) is 0.573. The molecular formula is C9H9NO4S. The lowest BCUT2D eigenvalue weighted by atomic mass is 10.1. The number of nitrogens with zero attached hydrogens (tertiary/aromatic N) is 1. The number of nitro groups is 1. The normalized spacial score (nSPS) is 9.80. The number of hydrogen-bond donors (Lipinski definition) is 1. The van der Waals surface area contributed by atoms with Crippen molar-refractivity contribution in [1.29, 1.82) is 0 Å². The van der Waals surface area contributed by atoms with Crippen LogP contribution in [0.3, 0.4) is 0 Å².